The molecule has 3 heteroatoms. The Morgan fingerprint density at radius 1 is 1.16 bits per heavy atom. The zero-order chi connectivity index (χ0) is 14.0. The Morgan fingerprint density at radius 3 is 2.47 bits per heavy atom. The van der Waals surface area contributed by atoms with Crippen LogP contribution in [0.2, 0.25) is 0 Å². The van der Waals surface area contributed by atoms with Gasteiger partial charge in [-0.25, -0.2) is 0 Å². The average Bonchev–Trinajstić information content (AvgIpc) is 2.75. The maximum Gasteiger partial charge on any atom is 0.309 e. The van der Waals surface area contributed by atoms with Crippen molar-refractivity contribution in [2.24, 2.45) is 29.4 Å². The average molecular weight is 267 g/mol. The zero-order valence-electron chi connectivity index (χ0n) is 12.6. The summed E-state index contributed by atoms with van der Waals surface area (Å²) in [6.45, 7) is 6.75. The summed E-state index contributed by atoms with van der Waals surface area (Å²) in [6, 6.07) is 0.198. The second kappa shape index (κ2) is 6.25. The van der Waals surface area contributed by atoms with Gasteiger partial charge in [0.1, 0.15) is 6.10 Å². The number of nitrogens with two attached hydrogens (primary N) is 1. The van der Waals surface area contributed by atoms with Gasteiger partial charge in [0.2, 0.25) is 0 Å². The van der Waals surface area contributed by atoms with Gasteiger partial charge in [0.15, 0.2) is 0 Å². The summed E-state index contributed by atoms with van der Waals surface area (Å²) in [4.78, 5) is 12.3. The highest BCUT2D eigenvalue weighted by Gasteiger charge is 2.36. The Labute approximate surface area is 117 Å². The van der Waals surface area contributed by atoms with Gasteiger partial charge in [0, 0.05) is 6.04 Å². The molecule has 2 fully saturated rings. The van der Waals surface area contributed by atoms with Crippen LogP contribution in [0.5, 0.6) is 0 Å². The fraction of sp³-hybridized carbons (Fsp3) is 0.938. The molecule has 0 bridgehead atoms. The van der Waals surface area contributed by atoms with E-state index in [1.54, 1.807) is 0 Å². The van der Waals surface area contributed by atoms with E-state index in [2.05, 4.69) is 20.8 Å². The molecule has 2 saturated carbocycles. The maximum atomic E-state index is 12.3. The molecule has 3 nitrogen and oxygen atoms in total. The van der Waals surface area contributed by atoms with Crippen molar-refractivity contribution in [1.82, 2.24) is 0 Å². The van der Waals surface area contributed by atoms with Gasteiger partial charge in [-0.15, -0.1) is 0 Å². The second-order valence-electron chi connectivity index (χ2n) is 7.07. The standard InChI is InChI=1S/C16H29NO2/c1-10(2)14-7-4-11(3)8-15(14)19-16(18)12-5-6-13(17)9-12/h10-15H,4-9,17H2,1-3H3/t11?,12-,13+,14?,15?/m1/s1. The third-order valence-electron chi connectivity index (χ3n) is 5.04. The number of hydrogen-bond donors (Lipinski definition) is 1. The van der Waals surface area contributed by atoms with E-state index in [9.17, 15) is 4.79 Å². The summed E-state index contributed by atoms with van der Waals surface area (Å²) in [6.07, 6.45) is 6.32. The molecular formula is C16H29NO2. The van der Waals surface area contributed by atoms with Crippen LogP contribution in [0.15, 0.2) is 0 Å². The van der Waals surface area contributed by atoms with Crippen LogP contribution >= 0.6 is 0 Å². The van der Waals surface area contributed by atoms with Gasteiger partial charge in [-0.1, -0.05) is 27.2 Å². The van der Waals surface area contributed by atoms with Crippen LogP contribution in [0.1, 0.15) is 59.3 Å². The van der Waals surface area contributed by atoms with Gasteiger partial charge in [-0.2, -0.15) is 0 Å². The molecule has 5 atom stereocenters. The van der Waals surface area contributed by atoms with Crippen molar-refractivity contribution in [2.75, 3.05) is 0 Å². The minimum Gasteiger partial charge on any atom is -0.462 e. The van der Waals surface area contributed by atoms with Crippen LogP contribution in [-0.4, -0.2) is 18.1 Å². The molecule has 110 valence electrons. The number of esters is 1. The lowest BCUT2D eigenvalue weighted by Crippen LogP contribution is -2.37. The smallest absolute Gasteiger partial charge is 0.309 e. The van der Waals surface area contributed by atoms with Gasteiger partial charge in [-0.3, -0.25) is 4.79 Å². The number of hydrogen-bond acceptors (Lipinski definition) is 3. The molecule has 0 saturated heterocycles. The maximum absolute atomic E-state index is 12.3. The summed E-state index contributed by atoms with van der Waals surface area (Å²) >= 11 is 0. The van der Waals surface area contributed by atoms with Crippen LogP contribution in [0.3, 0.4) is 0 Å². The van der Waals surface area contributed by atoms with Crippen LogP contribution < -0.4 is 5.73 Å². The van der Waals surface area contributed by atoms with E-state index in [4.69, 9.17) is 10.5 Å². The van der Waals surface area contributed by atoms with Crippen LogP contribution in [0, 0.1) is 23.7 Å². The van der Waals surface area contributed by atoms with Gasteiger partial charge < -0.3 is 10.5 Å². The SMILES string of the molecule is CC1CCC(C(C)C)C(OC(=O)[C@@H]2CC[C@H](N)C2)C1. The van der Waals surface area contributed by atoms with E-state index in [1.807, 2.05) is 0 Å². The normalized spacial score (nSPS) is 39.5. The molecular weight excluding hydrogens is 238 g/mol. The first-order valence-corrected chi connectivity index (χ1v) is 7.93. The Balaban J connectivity index is 1.92. The van der Waals surface area contributed by atoms with E-state index in [0.717, 1.165) is 25.7 Å². The van der Waals surface area contributed by atoms with Crippen molar-refractivity contribution >= 4 is 5.97 Å². The van der Waals surface area contributed by atoms with Crippen molar-refractivity contribution in [1.29, 1.82) is 0 Å². The van der Waals surface area contributed by atoms with Gasteiger partial charge in [-0.05, 0) is 49.9 Å². The Bertz CT molecular complexity index is 316. The summed E-state index contributed by atoms with van der Waals surface area (Å²) in [5.74, 6) is 1.88. The van der Waals surface area contributed by atoms with Crippen molar-refractivity contribution in [3.8, 4) is 0 Å². The van der Waals surface area contributed by atoms with E-state index in [1.165, 1.54) is 12.8 Å². The summed E-state index contributed by atoms with van der Waals surface area (Å²) in [5, 5.41) is 0. The van der Waals surface area contributed by atoms with Crippen LogP contribution in [0.4, 0.5) is 0 Å². The lowest BCUT2D eigenvalue weighted by Gasteiger charge is -2.37. The van der Waals surface area contributed by atoms with E-state index < -0.39 is 0 Å². The largest absolute Gasteiger partial charge is 0.462 e. The highest BCUT2D eigenvalue weighted by molar-refractivity contribution is 5.73. The van der Waals surface area contributed by atoms with Crippen LogP contribution in [0.25, 0.3) is 0 Å². The molecule has 0 amide bonds. The first-order valence-electron chi connectivity index (χ1n) is 7.93. The Hall–Kier alpha value is -0.570. The topological polar surface area (TPSA) is 52.3 Å². The number of ether oxygens (including phenoxy) is 1. The molecule has 3 unspecified atom stereocenters. The first-order chi connectivity index (χ1) is 8.97. The first kappa shape index (κ1) is 14.8. The zero-order valence-corrected chi connectivity index (χ0v) is 12.6. The molecule has 0 radical (unpaired) electrons. The fourth-order valence-electron chi connectivity index (χ4n) is 3.73. The molecule has 2 aliphatic rings. The molecule has 19 heavy (non-hydrogen) atoms. The van der Waals surface area contributed by atoms with E-state index in [-0.39, 0.29) is 24.0 Å². The van der Waals surface area contributed by atoms with E-state index >= 15 is 0 Å². The molecule has 2 aliphatic carbocycles. The van der Waals surface area contributed by atoms with Gasteiger partial charge in [0.05, 0.1) is 5.92 Å². The lowest BCUT2D eigenvalue weighted by atomic mass is 9.75. The molecule has 0 heterocycles. The minimum atomic E-state index is 0.0118. The summed E-state index contributed by atoms with van der Waals surface area (Å²) in [5.41, 5.74) is 5.89. The van der Waals surface area contributed by atoms with E-state index in [0.29, 0.717) is 17.8 Å². The quantitative estimate of drug-likeness (QED) is 0.799. The Morgan fingerprint density at radius 2 is 1.89 bits per heavy atom. The minimum absolute atomic E-state index is 0.0118. The lowest BCUT2D eigenvalue weighted by molar-refractivity contribution is -0.160. The monoisotopic (exact) mass is 267 g/mol. The number of carbonyl (C=O) groups excluding carboxylic acids is 1. The molecule has 0 aromatic rings. The molecule has 0 aliphatic heterocycles. The van der Waals surface area contributed by atoms with Crippen molar-refractivity contribution < 1.29 is 9.53 Å². The number of rotatable bonds is 3. The summed E-state index contributed by atoms with van der Waals surface area (Å²) in [7, 11) is 0. The van der Waals surface area contributed by atoms with Crippen molar-refractivity contribution in [3.05, 3.63) is 0 Å². The van der Waals surface area contributed by atoms with Crippen molar-refractivity contribution in [3.63, 3.8) is 0 Å². The predicted molar refractivity (Wildman–Crippen MR) is 76.5 cm³/mol. The second-order valence-corrected chi connectivity index (χ2v) is 7.07. The molecule has 2 rings (SSSR count). The Kier molecular flexibility index (Phi) is 4.88. The number of carbonyl (C=O) groups is 1. The predicted octanol–water partition coefficient (Wildman–Crippen LogP) is 3.12. The van der Waals surface area contributed by atoms with Gasteiger partial charge >= 0.3 is 5.97 Å². The molecule has 0 aromatic heterocycles. The fourth-order valence-corrected chi connectivity index (χ4v) is 3.73. The highest BCUT2D eigenvalue weighted by Crippen LogP contribution is 2.36. The molecule has 0 aromatic carbocycles. The third kappa shape index (κ3) is 3.71. The van der Waals surface area contributed by atoms with Crippen molar-refractivity contribution in [2.45, 2.75) is 71.4 Å². The van der Waals surface area contributed by atoms with Gasteiger partial charge in [0.25, 0.3) is 0 Å². The molecule has 0 spiro atoms. The third-order valence-corrected chi connectivity index (χ3v) is 5.04. The van der Waals surface area contributed by atoms with Crippen LogP contribution in [-0.2, 0) is 9.53 Å². The summed E-state index contributed by atoms with van der Waals surface area (Å²) < 4.78 is 5.87. The molecule has 2 N–H and O–H groups in total. The highest BCUT2D eigenvalue weighted by atomic mass is 16.5.